The van der Waals surface area contributed by atoms with Gasteiger partial charge in [0, 0.05) is 12.6 Å². The van der Waals surface area contributed by atoms with E-state index in [9.17, 15) is 9.59 Å². The molecule has 1 aromatic carbocycles. The number of thioether (sulfide) groups is 1. The summed E-state index contributed by atoms with van der Waals surface area (Å²) < 4.78 is 3.61. The number of aryl methyl sites for hydroxylation is 1. The molecular weight excluding hydrogens is 398 g/mol. The first-order chi connectivity index (χ1) is 14.6. The van der Waals surface area contributed by atoms with Crippen LogP contribution in [0.2, 0.25) is 0 Å². The van der Waals surface area contributed by atoms with Crippen molar-refractivity contribution in [3.8, 4) is 0 Å². The molecule has 0 bridgehead atoms. The lowest BCUT2D eigenvalue weighted by Gasteiger charge is -2.29. The molecule has 1 saturated carbocycles. The molecule has 4 rings (SSSR count). The molecule has 1 fully saturated rings. The lowest BCUT2D eigenvalue weighted by molar-refractivity contribution is -0.119. The van der Waals surface area contributed by atoms with Crippen LogP contribution in [-0.2, 0) is 11.3 Å². The molecule has 0 spiro atoms. The third kappa shape index (κ3) is 4.10. The van der Waals surface area contributed by atoms with Crippen molar-refractivity contribution in [2.24, 2.45) is 5.92 Å². The van der Waals surface area contributed by atoms with Crippen molar-refractivity contribution >= 4 is 34.3 Å². The number of amides is 1. The highest BCUT2D eigenvalue weighted by Crippen LogP contribution is 2.25. The van der Waals surface area contributed by atoms with E-state index in [0.29, 0.717) is 28.8 Å². The van der Waals surface area contributed by atoms with Crippen LogP contribution in [0, 0.1) is 5.92 Å². The van der Waals surface area contributed by atoms with E-state index in [0.717, 1.165) is 24.8 Å². The van der Waals surface area contributed by atoms with E-state index in [1.54, 1.807) is 4.57 Å². The van der Waals surface area contributed by atoms with Crippen LogP contribution in [0.3, 0.4) is 0 Å². The zero-order valence-corrected chi connectivity index (χ0v) is 18.5. The molecule has 1 aliphatic carbocycles. The summed E-state index contributed by atoms with van der Waals surface area (Å²) >= 11 is 1.37. The topological polar surface area (TPSA) is 81.3 Å². The monoisotopic (exact) mass is 427 g/mol. The predicted molar refractivity (Wildman–Crippen MR) is 120 cm³/mol. The third-order valence-corrected chi connectivity index (χ3v) is 6.93. The lowest BCUT2D eigenvalue weighted by atomic mass is 9.86. The van der Waals surface area contributed by atoms with Gasteiger partial charge in [0.25, 0.3) is 5.56 Å². The minimum Gasteiger partial charge on any atom is -0.352 e. The van der Waals surface area contributed by atoms with Crippen molar-refractivity contribution in [2.75, 3.05) is 5.75 Å². The van der Waals surface area contributed by atoms with Crippen LogP contribution in [0.1, 0.15) is 52.4 Å². The smallest absolute Gasteiger partial charge is 0.262 e. The van der Waals surface area contributed by atoms with E-state index >= 15 is 0 Å². The largest absolute Gasteiger partial charge is 0.352 e. The number of carbonyl (C=O) groups excluding carboxylic acids is 1. The minimum absolute atomic E-state index is 0.0270. The van der Waals surface area contributed by atoms with Crippen molar-refractivity contribution in [2.45, 2.75) is 70.1 Å². The third-order valence-electron chi connectivity index (χ3n) is 6.00. The average molecular weight is 428 g/mol. The SMILES string of the molecule is CCCCn1c(=O)c2ccccc2n2c(SCC(=O)N[C@H]3CCCC[C@@H]3C)nnc12. The number of hydrogen-bond acceptors (Lipinski definition) is 5. The van der Waals surface area contributed by atoms with Gasteiger partial charge in [-0.3, -0.25) is 18.6 Å². The highest BCUT2D eigenvalue weighted by atomic mass is 32.2. The standard InChI is InChI=1S/C22H29N5O2S/c1-3-4-13-26-20(29)16-10-6-8-12-18(16)27-21(26)24-25-22(27)30-14-19(28)23-17-11-7-5-9-15(17)2/h6,8,10,12,15,17H,3-5,7,9,11,13-14H2,1-2H3,(H,23,28)/t15-,17-/m0/s1. The zero-order valence-electron chi connectivity index (χ0n) is 17.6. The molecule has 2 heterocycles. The molecule has 1 amide bonds. The van der Waals surface area contributed by atoms with Crippen molar-refractivity contribution in [1.29, 1.82) is 0 Å². The molecular formula is C22H29N5O2S. The van der Waals surface area contributed by atoms with Gasteiger partial charge < -0.3 is 5.32 Å². The molecule has 0 saturated heterocycles. The summed E-state index contributed by atoms with van der Waals surface area (Å²) in [6.07, 6.45) is 6.54. The van der Waals surface area contributed by atoms with Crippen molar-refractivity contribution in [1.82, 2.24) is 24.5 Å². The Morgan fingerprint density at radius 3 is 2.83 bits per heavy atom. The van der Waals surface area contributed by atoms with Crippen molar-refractivity contribution < 1.29 is 4.79 Å². The second-order valence-corrected chi connectivity index (χ2v) is 9.11. The lowest BCUT2D eigenvalue weighted by Crippen LogP contribution is -2.41. The van der Waals surface area contributed by atoms with Gasteiger partial charge in [0.1, 0.15) is 0 Å². The molecule has 30 heavy (non-hydrogen) atoms. The number of nitrogens with one attached hydrogen (secondary N) is 1. The van der Waals surface area contributed by atoms with Gasteiger partial charge in [0.15, 0.2) is 5.16 Å². The average Bonchev–Trinajstić information content (AvgIpc) is 3.18. The number of aromatic nitrogens is 4. The van der Waals surface area contributed by atoms with E-state index in [4.69, 9.17) is 0 Å². The Labute approximate surface area is 180 Å². The Hall–Kier alpha value is -2.35. The zero-order chi connectivity index (χ0) is 21.1. The summed E-state index contributed by atoms with van der Waals surface area (Å²) in [6.45, 7) is 4.91. The van der Waals surface area contributed by atoms with Gasteiger partial charge >= 0.3 is 0 Å². The fraction of sp³-hybridized carbons (Fsp3) is 0.545. The number of rotatable bonds is 7. The second kappa shape index (κ2) is 9.20. The van der Waals surface area contributed by atoms with Gasteiger partial charge in [-0.05, 0) is 37.3 Å². The molecule has 7 nitrogen and oxygen atoms in total. The fourth-order valence-electron chi connectivity index (χ4n) is 4.25. The van der Waals surface area contributed by atoms with Gasteiger partial charge in [-0.25, -0.2) is 0 Å². The van der Waals surface area contributed by atoms with E-state index in [2.05, 4.69) is 29.4 Å². The molecule has 2 atom stereocenters. The molecule has 1 aliphatic rings. The molecule has 8 heteroatoms. The van der Waals surface area contributed by atoms with Crippen LogP contribution in [0.4, 0.5) is 0 Å². The fourth-order valence-corrected chi connectivity index (χ4v) is 5.01. The Bertz CT molecular complexity index is 1110. The van der Waals surface area contributed by atoms with Crippen LogP contribution in [0.15, 0.2) is 34.2 Å². The second-order valence-electron chi connectivity index (χ2n) is 8.17. The highest BCUT2D eigenvalue weighted by molar-refractivity contribution is 7.99. The van der Waals surface area contributed by atoms with Crippen LogP contribution in [0.25, 0.3) is 16.7 Å². The number of fused-ring (bicyclic) bond motifs is 3. The summed E-state index contributed by atoms with van der Waals surface area (Å²) in [5, 5.41) is 13.1. The van der Waals surface area contributed by atoms with Crippen molar-refractivity contribution in [3.05, 3.63) is 34.6 Å². The Balaban J connectivity index is 1.61. The number of nitrogens with zero attached hydrogens (tertiary/aromatic N) is 4. The van der Waals surface area contributed by atoms with Crippen LogP contribution < -0.4 is 10.9 Å². The maximum absolute atomic E-state index is 13.0. The van der Waals surface area contributed by atoms with Gasteiger partial charge in [-0.15, -0.1) is 10.2 Å². The Kier molecular flexibility index (Phi) is 6.41. The van der Waals surface area contributed by atoms with E-state index in [1.165, 1.54) is 31.0 Å². The molecule has 2 aromatic heterocycles. The van der Waals surface area contributed by atoms with Crippen molar-refractivity contribution in [3.63, 3.8) is 0 Å². The normalized spacial score (nSPS) is 19.4. The minimum atomic E-state index is -0.0421. The van der Waals surface area contributed by atoms with Crippen LogP contribution in [0.5, 0.6) is 0 Å². The van der Waals surface area contributed by atoms with Crippen LogP contribution in [-0.4, -0.2) is 36.9 Å². The number of hydrogen-bond donors (Lipinski definition) is 1. The summed E-state index contributed by atoms with van der Waals surface area (Å²) in [6, 6.07) is 7.79. The first kappa shape index (κ1) is 20.9. The number of unbranched alkanes of at least 4 members (excludes halogenated alkanes) is 1. The Morgan fingerprint density at radius 2 is 2.03 bits per heavy atom. The van der Waals surface area contributed by atoms with Gasteiger partial charge in [-0.2, -0.15) is 0 Å². The van der Waals surface area contributed by atoms with Gasteiger partial charge in [-0.1, -0.05) is 57.0 Å². The van der Waals surface area contributed by atoms with Crippen LogP contribution >= 0.6 is 11.8 Å². The quantitative estimate of drug-likeness (QED) is 0.582. The summed E-state index contributed by atoms with van der Waals surface area (Å²) in [4.78, 5) is 25.6. The first-order valence-corrected chi connectivity index (χ1v) is 11.9. The van der Waals surface area contributed by atoms with E-state index in [1.807, 2.05) is 28.7 Å². The number of carbonyl (C=O) groups is 1. The molecule has 0 radical (unpaired) electrons. The molecule has 0 unspecified atom stereocenters. The Morgan fingerprint density at radius 1 is 1.23 bits per heavy atom. The van der Waals surface area contributed by atoms with Gasteiger partial charge in [0.05, 0.1) is 16.7 Å². The molecule has 3 aromatic rings. The molecule has 0 aliphatic heterocycles. The van der Waals surface area contributed by atoms with E-state index < -0.39 is 0 Å². The maximum Gasteiger partial charge on any atom is 0.262 e. The highest BCUT2D eigenvalue weighted by Gasteiger charge is 2.23. The molecule has 160 valence electrons. The maximum atomic E-state index is 13.0. The predicted octanol–water partition coefficient (Wildman–Crippen LogP) is 3.63. The summed E-state index contributed by atoms with van der Waals surface area (Å²) in [5.74, 6) is 1.38. The van der Waals surface area contributed by atoms with E-state index in [-0.39, 0.29) is 23.3 Å². The molecule has 1 N–H and O–H groups in total. The summed E-state index contributed by atoms with van der Waals surface area (Å²) in [7, 11) is 0. The number of benzene rings is 1. The summed E-state index contributed by atoms with van der Waals surface area (Å²) in [5.41, 5.74) is 0.735. The van der Waals surface area contributed by atoms with Gasteiger partial charge in [0.2, 0.25) is 11.7 Å². The number of para-hydroxylation sites is 1. The first-order valence-electron chi connectivity index (χ1n) is 10.9.